The molecule has 1 atom stereocenters. The molecule has 2 nitrogen and oxygen atoms in total. The van der Waals surface area contributed by atoms with Crippen LogP contribution in [0.5, 0.6) is 0 Å². The van der Waals surface area contributed by atoms with Crippen LogP contribution in [0.15, 0.2) is 0 Å². The monoisotopic (exact) mass is 306 g/mol. The molecule has 0 aliphatic heterocycles. The second kappa shape index (κ2) is 7.75. The standard InChI is InChI=1S/C14H31BrN2/c1-10(2)16(11(3)4)9-14(15)17(12(5)6)13(7)8/h10-14H,9H2,1-8H3. The van der Waals surface area contributed by atoms with Crippen LogP contribution in [0.4, 0.5) is 0 Å². The van der Waals surface area contributed by atoms with E-state index in [0.29, 0.717) is 29.1 Å². The molecule has 0 saturated heterocycles. The Morgan fingerprint density at radius 2 is 1.06 bits per heavy atom. The van der Waals surface area contributed by atoms with Crippen molar-refractivity contribution in [3.8, 4) is 0 Å². The second-order valence-electron chi connectivity index (χ2n) is 5.95. The van der Waals surface area contributed by atoms with E-state index in [2.05, 4.69) is 81.1 Å². The summed E-state index contributed by atoms with van der Waals surface area (Å²) in [4.78, 5) is 5.49. The largest absolute Gasteiger partial charge is 0.296 e. The molecule has 0 aliphatic carbocycles. The normalized spacial score (nSPS) is 15.0. The van der Waals surface area contributed by atoms with E-state index in [1.54, 1.807) is 0 Å². The smallest absolute Gasteiger partial charge is 0.0789 e. The van der Waals surface area contributed by atoms with Gasteiger partial charge < -0.3 is 0 Å². The lowest BCUT2D eigenvalue weighted by molar-refractivity contribution is 0.0992. The van der Waals surface area contributed by atoms with E-state index >= 15 is 0 Å². The minimum absolute atomic E-state index is 0.423. The number of alkyl halides is 1. The first-order chi connectivity index (χ1) is 7.68. The lowest BCUT2D eigenvalue weighted by Gasteiger charge is -2.40. The summed E-state index contributed by atoms with van der Waals surface area (Å²) in [6.45, 7) is 19.2. The van der Waals surface area contributed by atoms with Crippen LogP contribution in [0.25, 0.3) is 0 Å². The van der Waals surface area contributed by atoms with Crippen LogP contribution in [0.1, 0.15) is 55.4 Å². The Morgan fingerprint density at radius 1 is 0.706 bits per heavy atom. The summed E-state index contributed by atoms with van der Waals surface area (Å²) in [5, 5.41) is 0. The number of hydrogen-bond donors (Lipinski definition) is 0. The van der Waals surface area contributed by atoms with Crippen LogP contribution in [-0.2, 0) is 0 Å². The third-order valence-corrected chi connectivity index (χ3v) is 3.97. The van der Waals surface area contributed by atoms with Gasteiger partial charge in [-0.3, -0.25) is 9.80 Å². The molecule has 0 saturated carbocycles. The van der Waals surface area contributed by atoms with E-state index in [4.69, 9.17) is 0 Å². The van der Waals surface area contributed by atoms with Crippen LogP contribution < -0.4 is 0 Å². The quantitative estimate of drug-likeness (QED) is 0.519. The summed E-state index contributed by atoms with van der Waals surface area (Å²) in [5.74, 6) is 0. The van der Waals surface area contributed by atoms with Gasteiger partial charge in [0.25, 0.3) is 0 Å². The number of rotatable bonds is 7. The summed E-state index contributed by atoms with van der Waals surface area (Å²) < 4.78 is 0. The first kappa shape index (κ1) is 17.4. The van der Waals surface area contributed by atoms with Gasteiger partial charge in [-0.1, -0.05) is 15.9 Å². The molecule has 17 heavy (non-hydrogen) atoms. The molecule has 0 heterocycles. The van der Waals surface area contributed by atoms with Gasteiger partial charge in [-0.25, -0.2) is 0 Å². The predicted molar refractivity (Wildman–Crippen MR) is 81.8 cm³/mol. The average molecular weight is 307 g/mol. The maximum atomic E-state index is 3.87. The first-order valence-electron chi connectivity index (χ1n) is 6.85. The van der Waals surface area contributed by atoms with Gasteiger partial charge in [-0.15, -0.1) is 0 Å². The second-order valence-corrected chi connectivity index (χ2v) is 7.01. The summed E-state index contributed by atoms with van der Waals surface area (Å²) in [6.07, 6.45) is 0. The van der Waals surface area contributed by atoms with Gasteiger partial charge in [0, 0.05) is 30.7 Å². The van der Waals surface area contributed by atoms with Crippen molar-refractivity contribution in [2.75, 3.05) is 6.54 Å². The lowest BCUT2D eigenvalue weighted by atomic mass is 10.2. The van der Waals surface area contributed by atoms with E-state index in [1.165, 1.54) is 0 Å². The molecule has 3 heteroatoms. The average Bonchev–Trinajstić information content (AvgIpc) is 2.11. The van der Waals surface area contributed by atoms with Gasteiger partial charge >= 0.3 is 0 Å². The molecule has 0 amide bonds. The van der Waals surface area contributed by atoms with Crippen molar-refractivity contribution in [1.82, 2.24) is 9.80 Å². The minimum Gasteiger partial charge on any atom is -0.296 e. The van der Waals surface area contributed by atoms with Crippen LogP contribution in [-0.4, -0.2) is 45.5 Å². The topological polar surface area (TPSA) is 6.48 Å². The first-order valence-corrected chi connectivity index (χ1v) is 7.77. The molecule has 0 aliphatic rings. The Balaban J connectivity index is 4.62. The highest BCUT2D eigenvalue weighted by Gasteiger charge is 2.25. The van der Waals surface area contributed by atoms with Gasteiger partial charge in [-0.05, 0) is 55.4 Å². The van der Waals surface area contributed by atoms with Crippen molar-refractivity contribution in [2.24, 2.45) is 0 Å². The van der Waals surface area contributed by atoms with Crippen LogP contribution in [0.2, 0.25) is 0 Å². The number of nitrogens with zero attached hydrogens (tertiary/aromatic N) is 2. The molecule has 0 N–H and O–H groups in total. The molecule has 104 valence electrons. The fourth-order valence-corrected chi connectivity index (χ4v) is 3.81. The van der Waals surface area contributed by atoms with Crippen molar-refractivity contribution < 1.29 is 0 Å². The summed E-state index contributed by atoms with van der Waals surface area (Å²) in [6, 6.07) is 2.33. The maximum Gasteiger partial charge on any atom is 0.0789 e. The molecule has 0 radical (unpaired) electrons. The molecule has 0 aromatic heterocycles. The van der Waals surface area contributed by atoms with E-state index in [1.807, 2.05) is 0 Å². The summed E-state index contributed by atoms with van der Waals surface area (Å²) in [5.41, 5.74) is 0. The van der Waals surface area contributed by atoms with Crippen LogP contribution >= 0.6 is 15.9 Å². The highest BCUT2D eigenvalue weighted by Crippen LogP contribution is 2.19. The highest BCUT2D eigenvalue weighted by atomic mass is 79.9. The summed E-state index contributed by atoms with van der Waals surface area (Å²) >= 11 is 3.87. The molecular formula is C14H31BrN2. The Bertz CT molecular complexity index is 186. The van der Waals surface area contributed by atoms with Gasteiger partial charge in [0.05, 0.1) is 4.95 Å². The molecule has 0 bridgehead atoms. The van der Waals surface area contributed by atoms with Gasteiger partial charge in [0.2, 0.25) is 0 Å². The molecule has 0 rings (SSSR count). The van der Waals surface area contributed by atoms with Gasteiger partial charge in [0.1, 0.15) is 0 Å². The zero-order chi connectivity index (χ0) is 13.7. The van der Waals surface area contributed by atoms with Crippen molar-refractivity contribution in [1.29, 1.82) is 0 Å². The fraction of sp³-hybridized carbons (Fsp3) is 1.00. The Morgan fingerprint density at radius 3 is 1.29 bits per heavy atom. The Labute approximate surface area is 117 Å². The van der Waals surface area contributed by atoms with E-state index in [0.717, 1.165) is 6.54 Å². The SMILES string of the molecule is CC(C)N(CC(Br)N(C(C)C)C(C)C)C(C)C. The Kier molecular flexibility index (Phi) is 7.93. The third-order valence-electron chi connectivity index (χ3n) is 3.20. The molecule has 0 fully saturated rings. The molecular weight excluding hydrogens is 276 g/mol. The zero-order valence-electron chi connectivity index (χ0n) is 12.9. The van der Waals surface area contributed by atoms with Crippen molar-refractivity contribution in [3.05, 3.63) is 0 Å². The van der Waals surface area contributed by atoms with Crippen molar-refractivity contribution in [3.63, 3.8) is 0 Å². The van der Waals surface area contributed by atoms with E-state index in [9.17, 15) is 0 Å². The van der Waals surface area contributed by atoms with Crippen molar-refractivity contribution in [2.45, 2.75) is 84.5 Å². The highest BCUT2D eigenvalue weighted by molar-refractivity contribution is 9.09. The number of halogens is 1. The fourth-order valence-electron chi connectivity index (χ4n) is 2.53. The minimum atomic E-state index is 0.423. The van der Waals surface area contributed by atoms with E-state index < -0.39 is 0 Å². The lowest BCUT2D eigenvalue weighted by Crippen LogP contribution is -2.50. The molecule has 0 aromatic rings. The maximum absolute atomic E-state index is 3.87. The van der Waals surface area contributed by atoms with Crippen LogP contribution in [0, 0.1) is 0 Å². The molecule has 0 aromatic carbocycles. The van der Waals surface area contributed by atoms with Gasteiger partial charge in [-0.2, -0.15) is 0 Å². The van der Waals surface area contributed by atoms with Crippen LogP contribution in [0.3, 0.4) is 0 Å². The molecule has 1 unspecified atom stereocenters. The molecule has 0 spiro atoms. The van der Waals surface area contributed by atoms with Crippen molar-refractivity contribution >= 4 is 15.9 Å². The Hall–Kier alpha value is 0.400. The number of hydrogen-bond acceptors (Lipinski definition) is 2. The summed E-state index contributed by atoms with van der Waals surface area (Å²) in [7, 11) is 0. The third kappa shape index (κ3) is 5.71. The predicted octanol–water partition coefficient (Wildman–Crippen LogP) is 3.95. The van der Waals surface area contributed by atoms with E-state index in [-0.39, 0.29) is 0 Å². The zero-order valence-corrected chi connectivity index (χ0v) is 14.5. The van der Waals surface area contributed by atoms with Gasteiger partial charge in [0.15, 0.2) is 0 Å².